The molecule has 2 aromatic carbocycles. The Morgan fingerprint density at radius 2 is 1.07 bits per heavy atom. The Morgan fingerprint density at radius 3 is 1.39 bits per heavy atom. The number of ether oxygens (including phenoxy) is 4. The standard InChI is InChI=1S/C12H10.C8H10O8/c1-3-7-11(8-4-1)12-9-5-2-6-10-12;9-7(10)15-3-1-13-6-4(16-8(11)12)2-14-5(3)6/h1-10H;3-6H,1-2H2,(H,9,10)(H,11,12)/t;3-,4-,5-,6-/m.1/s1. The van der Waals surface area contributed by atoms with Gasteiger partial charge in [0.15, 0.2) is 12.2 Å². The summed E-state index contributed by atoms with van der Waals surface area (Å²) in [5, 5.41) is 16.9. The van der Waals surface area contributed by atoms with Crippen LogP contribution in [0.5, 0.6) is 0 Å². The predicted octanol–water partition coefficient (Wildman–Crippen LogP) is 3.26. The molecule has 8 nitrogen and oxygen atoms in total. The molecule has 0 spiro atoms. The number of hydrogen-bond acceptors (Lipinski definition) is 6. The molecular weight excluding hydrogens is 368 g/mol. The van der Waals surface area contributed by atoms with E-state index in [0.29, 0.717) is 0 Å². The van der Waals surface area contributed by atoms with Gasteiger partial charge in [-0.25, -0.2) is 9.59 Å². The summed E-state index contributed by atoms with van der Waals surface area (Å²) in [5.74, 6) is 0. The summed E-state index contributed by atoms with van der Waals surface area (Å²) in [7, 11) is 0. The van der Waals surface area contributed by atoms with E-state index in [-0.39, 0.29) is 13.2 Å². The molecule has 0 radical (unpaired) electrons. The van der Waals surface area contributed by atoms with Crippen molar-refractivity contribution in [3.05, 3.63) is 60.7 Å². The van der Waals surface area contributed by atoms with Gasteiger partial charge in [-0.05, 0) is 11.1 Å². The Balaban J connectivity index is 0.000000167. The van der Waals surface area contributed by atoms with Gasteiger partial charge in [0.05, 0.1) is 13.2 Å². The van der Waals surface area contributed by atoms with Crippen molar-refractivity contribution >= 4 is 12.3 Å². The van der Waals surface area contributed by atoms with Crippen LogP contribution in [0.2, 0.25) is 0 Å². The zero-order valence-corrected chi connectivity index (χ0v) is 14.8. The summed E-state index contributed by atoms with van der Waals surface area (Å²) in [6.07, 6.45) is -5.49. The second-order valence-electron chi connectivity index (χ2n) is 6.17. The monoisotopic (exact) mass is 388 g/mol. The minimum atomic E-state index is -1.42. The zero-order chi connectivity index (χ0) is 19.9. The third-order valence-corrected chi connectivity index (χ3v) is 4.35. The maximum atomic E-state index is 10.3. The molecule has 2 fully saturated rings. The van der Waals surface area contributed by atoms with E-state index in [2.05, 4.69) is 58.0 Å². The fourth-order valence-electron chi connectivity index (χ4n) is 3.15. The minimum Gasteiger partial charge on any atom is -0.450 e. The summed E-state index contributed by atoms with van der Waals surface area (Å²) in [5.41, 5.74) is 2.55. The van der Waals surface area contributed by atoms with Crippen molar-refractivity contribution in [3.63, 3.8) is 0 Å². The molecule has 2 saturated heterocycles. The highest BCUT2D eigenvalue weighted by Crippen LogP contribution is 2.30. The van der Waals surface area contributed by atoms with Crippen molar-refractivity contribution in [3.8, 4) is 11.1 Å². The largest absolute Gasteiger partial charge is 0.506 e. The lowest BCUT2D eigenvalue weighted by Gasteiger charge is -2.14. The minimum absolute atomic E-state index is 0.0428. The molecule has 2 heterocycles. The maximum absolute atomic E-state index is 10.3. The van der Waals surface area contributed by atoms with Crippen molar-refractivity contribution in [2.45, 2.75) is 24.4 Å². The molecule has 0 aliphatic carbocycles. The van der Waals surface area contributed by atoms with Crippen LogP contribution in [0.3, 0.4) is 0 Å². The third-order valence-electron chi connectivity index (χ3n) is 4.35. The molecule has 0 bridgehead atoms. The van der Waals surface area contributed by atoms with Crippen molar-refractivity contribution in [2.75, 3.05) is 13.2 Å². The highest BCUT2D eigenvalue weighted by Gasteiger charge is 2.51. The van der Waals surface area contributed by atoms with E-state index in [0.717, 1.165) is 0 Å². The first-order chi connectivity index (χ1) is 13.5. The lowest BCUT2D eigenvalue weighted by molar-refractivity contribution is -0.0305. The van der Waals surface area contributed by atoms with Gasteiger partial charge in [0.1, 0.15) is 12.2 Å². The molecule has 4 atom stereocenters. The molecule has 8 heteroatoms. The highest BCUT2D eigenvalue weighted by atomic mass is 16.7. The van der Waals surface area contributed by atoms with Gasteiger partial charge in [-0.2, -0.15) is 0 Å². The van der Waals surface area contributed by atoms with E-state index in [1.165, 1.54) is 11.1 Å². The number of benzene rings is 2. The first-order valence-corrected chi connectivity index (χ1v) is 8.67. The normalized spacial score (nSPS) is 25.1. The van der Waals surface area contributed by atoms with Crippen molar-refractivity contribution in [2.24, 2.45) is 0 Å². The molecule has 0 saturated carbocycles. The van der Waals surface area contributed by atoms with Crippen LogP contribution in [0, 0.1) is 0 Å². The van der Waals surface area contributed by atoms with Gasteiger partial charge in [0.25, 0.3) is 0 Å². The van der Waals surface area contributed by atoms with Crippen LogP contribution in [0.4, 0.5) is 9.59 Å². The lowest BCUT2D eigenvalue weighted by Crippen LogP contribution is -2.35. The van der Waals surface area contributed by atoms with Crippen LogP contribution in [0.15, 0.2) is 60.7 Å². The summed E-state index contributed by atoms with van der Waals surface area (Å²) in [6, 6.07) is 20.8. The second kappa shape index (κ2) is 9.20. The van der Waals surface area contributed by atoms with Gasteiger partial charge < -0.3 is 29.2 Å². The summed E-state index contributed by atoms with van der Waals surface area (Å²) >= 11 is 0. The fraction of sp³-hybridized carbons (Fsp3) is 0.300. The van der Waals surface area contributed by atoms with Gasteiger partial charge in [-0.3, -0.25) is 0 Å². The van der Waals surface area contributed by atoms with Gasteiger partial charge >= 0.3 is 12.3 Å². The van der Waals surface area contributed by atoms with Crippen molar-refractivity contribution < 1.29 is 38.7 Å². The van der Waals surface area contributed by atoms with E-state index in [1.807, 2.05) is 12.1 Å². The van der Waals surface area contributed by atoms with Crippen molar-refractivity contribution in [1.82, 2.24) is 0 Å². The number of carboxylic acid groups (broad SMARTS) is 2. The van der Waals surface area contributed by atoms with E-state index in [4.69, 9.17) is 19.7 Å². The van der Waals surface area contributed by atoms with Crippen LogP contribution in [-0.2, 0) is 18.9 Å². The summed E-state index contributed by atoms with van der Waals surface area (Å²) in [4.78, 5) is 20.7. The number of fused-ring (bicyclic) bond motifs is 1. The van der Waals surface area contributed by atoms with Gasteiger partial charge in [0, 0.05) is 0 Å². The maximum Gasteiger partial charge on any atom is 0.506 e. The predicted molar refractivity (Wildman–Crippen MR) is 97.2 cm³/mol. The molecular formula is C20H20O8. The first kappa shape index (κ1) is 19.7. The molecule has 4 rings (SSSR count). The number of rotatable bonds is 3. The Bertz CT molecular complexity index is 712. The Hall–Kier alpha value is -3.10. The molecule has 2 aliphatic heterocycles. The Labute approximate surface area is 161 Å². The smallest absolute Gasteiger partial charge is 0.450 e. The average Bonchev–Trinajstić information content (AvgIpc) is 3.27. The van der Waals surface area contributed by atoms with E-state index < -0.39 is 36.7 Å². The molecule has 0 aromatic heterocycles. The zero-order valence-electron chi connectivity index (χ0n) is 14.8. The molecule has 28 heavy (non-hydrogen) atoms. The van der Waals surface area contributed by atoms with Gasteiger partial charge in [0.2, 0.25) is 0 Å². The Kier molecular flexibility index (Phi) is 6.46. The molecule has 0 unspecified atom stereocenters. The van der Waals surface area contributed by atoms with E-state index in [9.17, 15) is 9.59 Å². The average molecular weight is 388 g/mol. The van der Waals surface area contributed by atoms with Gasteiger partial charge in [-0.15, -0.1) is 0 Å². The SMILES string of the molecule is O=C(O)O[C@@H]1CO[C@H]2[C@@H]1OC[C@H]2OC(=O)O.c1ccc(-c2ccccc2)cc1. The van der Waals surface area contributed by atoms with Crippen LogP contribution in [-0.4, -0.2) is 60.2 Å². The summed E-state index contributed by atoms with van der Waals surface area (Å²) < 4.78 is 19.5. The molecule has 2 aromatic rings. The highest BCUT2D eigenvalue weighted by molar-refractivity contribution is 5.62. The van der Waals surface area contributed by atoms with Gasteiger partial charge in [-0.1, -0.05) is 60.7 Å². The molecule has 148 valence electrons. The first-order valence-electron chi connectivity index (χ1n) is 8.67. The molecule has 2 aliphatic rings. The summed E-state index contributed by atoms with van der Waals surface area (Å²) in [6.45, 7) is 0.0855. The van der Waals surface area contributed by atoms with Crippen LogP contribution >= 0.6 is 0 Å². The van der Waals surface area contributed by atoms with Crippen LogP contribution < -0.4 is 0 Å². The van der Waals surface area contributed by atoms with E-state index in [1.54, 1.807) is 0 Å². The van der Waals surface area contributed by atoms with Crippen LogP contribution in [0.1, 0.15) is 0 Å². The second-order valence-corrected chi connectivity index (χ2v) is 6.17. The lowest BCUT2D eigenvalue weighted by atomic mass is 10.1. The molecule has 2 N–H and O–H groups in total. The molecule has 0 amide bonds. The number of hydrogen-bond donors (Lipinski definition) is 2. The third kappa shape index (κ3) is 4.99. The Morgan fingerprint density at radius 1 is 0.714 bits per heavy atom. The fourth-order valence-corrected chi connectivity index (χ4v) is 3.15. The van der Waals surface area contributed by atoms with E-state index >= 15 is 0 Å². The quantitative estimate of drug-likeness (QED) is 0.771. The topological polar surface area (TPSA) is 112 Å². The van der Waals surface area contributed by atoms with Crippen molar-refractivity contribution in [1.29, 1.82) is 0 Å². The number of carbonyl (C=O) groups is 2. The van der Waals surface area contributed by atoms with Crippen LogP contribution in [0.25, 0.3) is 11.1 Å².